The fraction of sp³-hybridized carbons (Fsp3) is 0.577. The standard InChI is InChI=1S/C26H35ClF3N5O8S2/c1-8-34-14-20(21(27)32-34)44(38,39)35-13-17(11-15(2)22(36)33-45(40,41)24(3,4)5)42-19-10-9-16(12-18(19)35)31-23(37)43-25(6,7)26(28,29)30/h9-10,12,14-15,17H,8,11,13H2,1-7H3,(H,31,37)(H,33,36)/t15-,17-/m0/s1. The maximum atomic E-state index is 13.9. The Bertz CT molecular complexity index is 1670. The number of ether oxygens (including phenoxy) is 2. The normalized spacial score (nSPS) is 16.8. The number of nitrogens with zero attached hydrogens (tertiary/aromatic N) is 3. The summed E-state index contributed by atoms with van der Waals surface area (Å²) >= 11 is 6.17. The number of sulfonamides is 2. The van der Waals surface area contributed by atoms with E-state index in [4.69, 9.17) is 16.3 Å². The van der Waals surface area contributed by atoms with Gasteiger partial charge in [-0.25, -0.2) is 21.6 Å². The number of hydrogen-bond donors (Lipinski definition) is 2. The average Bonchev–Trinajstić information content (AvgIpc) is 3.28. The van der Waals surface area contributed by atoms with Crippen molar-refractivity contribution in [2.45, 2.75) is 89.0 Å². The summed E-state index contributed by atoms with van der Waals surface area (Å²) in [5.74, 6) is -1.78. The van der Waals surface area contributed by atoms with Gasteiger partial charge in [-0.1, -0.05) is 18.5 Å². The zero-order chi connectivity index (χ0) is 34.3. The van der Waals surface area contributed by atoms with Crippen molar-refractivity contribution in [3.8, 4) is 5.75 Å². The third-order valence-electron chi connectivity index (χ3n) is 6.85. The Morgan fingerprint density at radius 3 is 2.31 bits per heavy atom. The Kier molecular flexibility index (Phi) is 10.1. The number of carbonyl (C=O) groups is 2. The van der Waals surface area contributed by atoms with Crippen molar-refractivity contribution >= 4 is 55.0 Å². The summed E-state index contributed by atoms with van der Waals surface area (Å²) in [7, 11) is -8.50. The predicted molar refractivity (Wildman–Crippen MR) is 159 cm³/mol. The van der Waals surface area contributed by atoms with E-state index in [1.165, 1.54) is 50.7 Å². The first-order valence-electron chi connectivity index (χ1n) is 13.6. The minimum atomic E-state index is -4.86. The molecule has 0 saturated heterocycles. The second-order valence-electron chi connectivity index (χ2n) is 11.8. The van der Waals surface area contributed by atoms with Crippen LogP contribution in [-0.4, -0.2) is 67.8 Å². The van der Waals surface area contributed by atoms with Gasteiger partial charge in [-0.15, -0.1) is 0 Å². The number of rotatable bonds is 9. The van der Waals surface area contributed by atoms with Gasteiger partial charge in [-0.05, 0) is 66.2 Å². The zero-order valence-corrected chi connectivity index (χ0v) is 27.9. The van der Waals surface area contributed by atoms with Crippen molar-refractivity contribution in [2.24, 2.45) is 5.92 Å². The summed E-state index contributed by atoms with van der Waals surface area (Å²) in [5, 5.41) is 5.80. The monoisotopic (exact) mass is 701 g/mol. The molecule has 0 radical (unpaired) electrons. The first-order chi connectivity index (χ1) is 20.4. The van der Waals surface area contributed by atoms with Crippen molar-refractivity contribution in [3.05, 3.63) is 29.5 Å². The SMILES string of the molecule is CCn1cc(S(=O)(=O)N2C[C@H](C[C@H](C)C(=O)NS(=O)(=O)C(C)(C)C)Oc3ccc(NC(=O)OC(C)(C)C(F)(F)F)cc32)c(Cl)n1. The van der Waals surface area contributed by atoms with E-state index in [1.54, 1.807) is 6.92 Å². The molecule has 1 aliphatic rings. The molecule has 1 aliphatic heterocycles. The Morgan fingerprint density at radius 1 is 1.16 bits per heavy atom. The van der Waals surface area contributed by atoms with E-state index in [9.17, 15) is 39.6 Å². The van der Waals surface area contributed by atoms with E-state index in [0.717, 1.165) is 10.4 Å². The number of benzene rings is 1. The number of aromatic nitrogens is 2. The van der Waals surface area contributed by atoms with Crippen LogP contribution in [0.15, 0.2) is 29.3 Å². The Labute approximate surface area is 264 Å². The molecule has 19 heteroatoms. The topological polar surface area (TPSA) is 166 Å². The molecule has 0 fully saturated rings. The highest BCUT2D eigenvalue weighted by atomic mass is 35.5. The number of fused-ring (bicyclic) bond motifs is 1. The van der Waals surface area contributed by atoms with Crippen LogP contribution in [0, 0.1) is 5.92 Å². The van der Waals surface area contributed by atoms with Gasteiger partial charge in [0, 0.05) is 24.3 Å². The second-order valence-corrected chi connectivity index (χ2v) is 16.5. The third kappa shape index (κ3) is 7.95. The largest absolute Gasteiger partial charge is 0.486 e. The molecule has 2 aromatic rings. The smallest absolute Gasteiger partial charge is 0.427 e. The van der Waals surface area contributed by atoms with Gasteiger partial charge >= 0.3 is 12.3 Å². The van der Waals surface area contributed by atoms with Gasteiger partial charge in [-0.2, -0.15) is 18.3 Å². The third-order valence-corrected chi connectivity index (χ3v) is 11.1. The lowest BCUT2D eigenvalue weighted by molar-refractivity contribution is -0.242. The molecule has 2 atom stereocenters. The minimum absolute atomic E-state index is 0.0155. The molecule has 2 amide bonds. The van der Waals surface area contributed by atoms with Crippen LogP contribution in [0.25, 0.3) is 0 Å². The van der Waals surface area contributed by atoms with Crippen LogP contribution in [0.2, 0.25) is 5.15 Å². The number of nitrogens with one attached hydrogen (secondary N) is 2. The average molecular weight is 702 g/mol. The summed E-state index contributed by atoms with van der Waals surface area (Å²) in [6, 6.07) is 3.69. The maximum absolute atomic E-state index is 13.9. The molecule has 45 heavy (non-hydrogen) atoms. The van der Waals surface area contributed by atoms with Crippen LogP contribution < -0.4 is 19.1 Å². The van der Waals surface area contributed by atoms with E-state index in [-0.39, 0.29) is 40.1 Å². The van der Waals surface area contributed by atoms with Crippen LogP contribution >= 0.6 is 11.6 Å². The molecule has 0 aliphatic carbocycles. The molecule has 3 rings (SSSR count). The van der Waals surface area contributed by atoms with Crippen molar-refractivity contribution in [2.75, 3.05) is 16.2 Å². The highest BCUT2D eigenvalue weighted by molar-refractivity contribution is 7.93. The second kappa shape index (κ2) is 12.5. The van der Waals surface area contributed by atoms with Gasteiger partial charge < -0.3 is 9.47 Å². The van der Waals surface area contributed by atoms with Crippen molar-refractivity contribution in [1.82, 2.24) is 14.5 Å². The van der Waals surface area contributed by atoms with Crippen molar-refractivity contribution in [1.29, 1.82) is 0 Å². The lowest BCUT2D eigenvalue weighted by Crippen LogP contribution is -2.47. The highest BCUT2D eigenvalue weighted by Gasteiger charge is 2.51. The number of carbonyl (C=O) groups excluding carboxylic acids is 2. The Balaban J connectivity index is 1.97. The van der Waals surface area contributed by atoms with Crippen LogP contribution in [0.3, 0.4) is 0 Å². The molecular formula is C26H35ClF3N5O8S2. The van der Waals surface area contributed by atoms with Gasteiger partial charge in [0.05, 0.1) is 17.0 Å². The number of aryl methyl sites for hydroxylation is 1. The molecule has 252 valence electrons. The predicted octanol–water partition coefficient (Wildman–Crippen LogP) is 4.67. The fourth-order valence-corrected chi connectivity index (χ4v) is 6.61. The molecule has 0 spiro atoms. The number of hydrogen-bond acceptors (Lipinski definition) is 9. The molecule has 0 bridgehead atoms. The summed E-state index contributed by atoms with van der Waals surface area (Å²) in [6.07, 6.45) is -6.17. The van der Waals surface area contributed by atoms with E-state index in [1.807, 2.05) is 4.72 Å². The molecule has 0 saturated carbocycles. The Morgan fingerprint density at radius 2 is 1.78 bits per heavy atom. The van der Waals surface area contributed by atoms with Crippen molar-refractivity contribution < 1.29 is 49.1 Å². The zero-order valence-electron chi connectivity index (χ0n) is 25.5. The maximum Gasteiger partial charge on any atom is 0.427 e. The minimum Gasteiger partial charge on any atom is -0.486 e. The lowest BCUT2D eigenvalue weighted by atomic mass is 10.0. The quantitative estimate of drug-likeness (QED) is 0.378. The van der Waals surface area contributed by atoms with E-state index < -0.39 is 60.6 Å². The van der Waals surface area contributed by atoms with Crippen molar-refractivity contribution in [3.63, 3.8) is 0 Å². The summed E-state index contributed by atoms with van der Waals surface area (Å²) in [4.78, 5) is 24.7. The Hall–Kier alpha value is -3.25. The molecular weight excluding hydrogens is 667 g/mol. The van der Waals surface area contributed by atoms with Crippen LogP contribution in [0.4, 0.5) is 29.3 Å². The number of amides is 2. The van der Waals surface area contributed by atoms with Gasteiger partial charge in [0.15, 0.2) is 5.15 Å². The van der Waals surface area contributed by atoms with Gasteiger partial charge in [0.25, 0.3) is 10.0 Å². The van der Waals surface area contributed by atoms with E-state index >= 15 is 0 Å². The molecule has 1 aromatic heterocycles. The van der Waals surface area contributed by atoms with E-state index in [2.05, 4.69) is 15.2 Å². The van der Waals surface area contributed by atoms with Gasteiger partial charge in [0.2, 0.25) is 21.5 Å². The molecule has 2 N–H and O–H groups in total. The summed E-state index contributed by atoms with van der Waals surface area (Å²) < 4.78 is 106. The molecule has 13 nitrogen and oxygen atoms in total. The lowest BCUT2D eigenvalue weighted by Gasteiger charge is -2.36. The summed E-state index contributed by atoms with van der Waals surface area (Å²) in [5.41, 5.74) is -3.04. The number of halogens is 4. The number of alkyl halides is 3. The fourth-order valence-electron chi connectivity index (χ4n) is 3.89. The summed E-state index contributed by atoms with van der Waals surface area (Å²) in [6.45, 7) is 8.67. The highest BCUT2D eigenvalue weighted by Crippen LogP contribution is 2.41. The van der Waals surface area contributed by atoms with Crippen LogP contribution in [0.1, 0.15) is 54.9 Å². The first kappa shape index (κ1) is 36.2. The van der Waals surface area contributed by atoms with Gasteiger partial charge in [-0.3, -0.25) is 23.8 Å². The molecule has 2 heterocycles. The first-order valence-corrected chi connectivity index (χ1v) is 16.9. The molecule has 1 aromatic carbocycles. The van der Waals surface area contributed by atoms with Crippen LogP contribution in [0.5, 0.6) is 5.75 Å². The van der Waals surface area contributed by atoms with Gasteiger partial charge in [0.1, 0.15) is 16.7 Å². The van der Waals surface area contributed by atoms with Crippen LogP contribution in [-0.2, 0) is 36.1 Å². The number of anilines is 2. The van der Waals surface area contributed by atoms with E-state index in [0.29, 0.717) is 20.4 Å². The molecule has 0 unspecified atom stereocenters.